The van der Waals surface area contributed by atoms with Crippen molar-refractivity contribution in [3.63, 3.8) is 0 Å². The Hall–Kier alpha value is -2.40. The standard InChI is InChI=1S/C20H24ClNO4/c1-4-5-9-26-16-8-6-7-14(10-16)20(23)22-13-15-11-18(24-2)19(25-3)12-17(15)21/h6-8,10-12H,4-5,9,13H2,1-3H3,(H,22,23). The van der Waals surface area contributed by atoms with Gasteiger partial charge in [-0.1, -0.05) is 31.0 Å². The zero-order valence-corrected chi connectivity index (χ0v) is 16.1. The largest absolute Gasteiger partial charge is 0.494 e. The number of carbonyl (C=O) groups is 1. The Bertz CT molecular complexity index is 749. The second kappa shape index (κ2) is 9.92. The average molecular weight is 378 g/mol. The summed E-state index contributed by atoms with van der Waals surface area (Å²) in [4.78, 5) is 12.4. The zero-order chi connectivity index (χ0) is 18.9. The molecule has 140 valence electrons. The topological polar surface area (TPSA) is 56.8 Å². The summed E-state index contributed by atoms with van der Waals surface area (Å²) in [5.41, 5.74) is 1.28. The maximum atomic E-state index is 12.4. The number of ether oxygens (including phenoxy) is 3. The molecule has 0 aliphatic rings. The second-order valence-electron chi connectivity index (χ2n) is 5.71. The van der Waals surface area contributed by atoms with Gasteiger partial charge in [-0.05, 0) is 36.2 Å². The van der Waals surface area contributed by atoms with E-state index in [4.69, 9.17) is 25.8 Å². The number of hydrogen-bond acceptors (Lipinski definition) is 4. The summed E-state index contributed by atoms with van der Waals surface area (Å²) in [6.07, 6.45) is 2.04. The highest BCUT2D eigenvalue weighted by molar-refractivity contribution is 6.31. The van der Waals surface area contributed by atoms with Gasteiger partial charge in [-0.2, -0.15) is 0 Å². The van der Waals surface area contributed by atoms with Crippen LogP contribution in [0.15, 0.2) is 36.4 Å². The Morgan fingerprint density at radius 2 is 1.85 bits per heavy atom. The van der Waals surface area contributed by atoms with E-state index in [-0.39, 0.29) is 12.5 Å². The van der Waals surface area contributed by atoms with Crippen molar-refractivity contribution in [3.05, 3.63) is 52.5 Å². The fourth-order valence-corrected chi connectivity index (χ4v) is 2.59. The van der Waals surface area contributed by atoms with Crippen LogP contribution in [0.5, 0.6) is 17.2 Å². The first-order valence-electron chi connectivity index (χ1n) is 8.50. The van der Waals surface area contributed by atoms with Crippen molar-refractivity contribution in [2.24, 2.45) is 0 Å². The minimum absolute atomic E-state index is 0.197. The molecule has 0 atom stereocenters. The van der Waals surface area contributed by atoms with Gasteiger partial charge < -0.3 is 19.5 Å². The minimum Gasteiger partial charge on any atom is -0.494 e. The first-order valence-corrected chi connectivity index (χ1v) is 8.88. The Kier molecular flexibility index (Phi) is 7.60. The third-order valence-electron chi connectivity index (χ3n) is 3.85. The lowest BCUT2D eigenvalue weighted by Crippen LogP contribution is -2.23. The van der Waals surface area contributed by atoms with Gasteiger partial charge in [0.15, 0.2) is 11.5 Å². The number of unbranched alkanes of at least 4 members (excludes halogenated alkanes) is 1. The summed E-state index contributed by atoms with van der Waals surface area (Å²) in [7, 11) is 3.10. The third kappa shape index (κ3) is 5.30. The van der Waals surface area contributed by atoms with Gasteiger partial charge in [-0.15, -0.1) is 0 Å². The van der Waals surface area contributed by atoms with Crippen LogP contribution in [0.3, 0.4) is 0 Å². The molecule has 0 bridgehead atoms. The Morgan fingerprint density at radius 1 is 1.12 bits per heavy atom. The molecule has 0 radical (unpaired) electrons. The average Bonchev–Trinajstić information content (AvgIpc) is 2.67. The molecule has 1 amide bonds. The van der Waals surface area contributed by atoms with E-state index in [1.54, 1.807) is 44.6 Å². The van der Waals surface area contributed by atoms with Crippen LogP contribution < -0.4 is 19.5 Å². The van der Waals surface area contributed by atoms with Crippen molar-refractivity contribution >= 4 is 17.5 Å². The summed E-state index contributed by atoms with van der Waals surface area (Å²) in [6.45, 7) is 3.02. The summed E-state index contributed by atoms with van der Waals surface area (Å²) >= 11 is 6.26. The molecule has 0 spiro atoms. The smallest absolute Gasteiger partial charge is 0.251 e. The van der Waals surface area contributed by atoms with E-state index in [0.717, 1.165) is 18.4 Å². The normalized spacial score (nSPS) is 10.3. The quantitative estimate of drug-likeness (QED) is 0.655. The van der Waals surface area contributed by atoms with Gasteiger partial charge in [-0.25, -0.2) is 0 Å². The second-order valence-corrected chi connectivity index (χ2v) is 6.12. The molecule has 2 aromatic carbocycles. The van der Waals surface area contributed by atoms with E-state index in [1.165, 1.54) is 0 Å². The van der Waals surface area contributed by atoms with Gasteiger partial charge in [0.25, 0.3) is 5.91 Å². The van der Waals surface area contributed by atoms with Crippen LogP contribution in [0.25, 0.3) is 0 Å². The van der Waals surface area contributed by atoms with E-state index in [2.05, 4.69) is 12.2 Å². The Labute approximate surface area is 159 Å². The number of carbonyl (C=O) groups excluding carboxylic acids is 1. The molecule has 26 heavy (non-hydrogen) atoms. The maximum Gasteiger partial charge on any atom is 0.251 e. The molecule has 0 fully saturated rings. The molecular weight excluding hydrogens is 354 g/mol. The number of hydrogen-bond donors (Lipinski definition) is 1. The number of rotatable bonds is 9. The molecule has 1 N–H and O–H groups in total. The molecular formula is C20H24ClNO4. The number of benzene rings is 2. The number of halogens is 1. The van der Waals surface area contributed by atoms with E-state index >= 15 is 0 Å². The van der Waals surface area contributed by atoms with Crippen LogP contribution in [-0.4, -0.2) is 26.7 Å². The highest BCUT2D eigenvalue weighted by Gasteiger charge is 2.12. The van der Waals surface area contributed by atoms with E-state index in [1.807, 2.05) is 6.07 Å². The van der Waals surface area contributed by atoms with Crippen LogP contribution in [0.4, 0.5) is 0 Å². The van der Waals surface area contributed by atoms with Crippen molar-refractivity contribution in [1.29, 1.82) is 0 Å². The summed E-state index contributed by atoms with van der Waals surface area (Å²) < 4.78 is 16.1. The first kappa shape index (κ1) is 19.9. The lowest BCUT2D eigenvalue weighted by molar-refractivity contribution is 0.0950. The molecule has 5 nitrogen and oxygen atoms in total. The lowest BCUT2D eigenvalue weighted by Gasteiger charge is -2.13. The fourth-order valence-electron chi connectivity index (χ4n) is 2.37. The molecule has 0 heterocycles. The van der Waals surface area contributed by atoms with Gasteiger partial charge in [0.1, 0.15) is 5.75 Å². The number of methoxy groups -OCH3 is 2. The van der Waals surface area contributed by atoms with Crippen molar-refractivity contribution < 1.29 is 19.0 Å². The number of nitrogens with one attached hydrogen (secondary N) is 1. The monoisotopic (exact) mass is 377 g/mol. The summed E-state index contributed by atoms with van der Waals surface area (Å²) in [5.74, 6) is 1.60. The van der Waals surface area contributed by atoms with Crippen LogP contribution >= 0.6 is 11.6 Å². The van der Waals surface area contributed by atoms with Crippen molar-refractivity contribution in [3.8, 4) is 17.2 Å². The maximum absolute atomic E-state index is 12.4. The number of amides is 1. The SMILES string of the molecule is CCCCOc1cccc(C(=O)NCc2cc(OC)c(OC)cc2Cl)c1. The molecule has 2 aromatic rings. The molecule has 0 saturated carbocycles. The van der Waals surface area contributed by atoms with Gasteiger partial charge in [-0.3, -0.25) is 4.79 Å². The fraction of sp³-hybridized carbons (Fsp3) is 0.350. The molecule has 0 saturated heterocycles. The minimum atomic E-state index is -0.197. The van der Waals surface area contributed by atoms with Crippen LogP contribution in [-0.2, 0) is 6.54 Å². The summed E-state index contributed by atoms with van der Waals surface area (Å²) in [6, 6.07) is 10.6. The summed E-state index contributed by atoms with van der Waals surface area (Å²) in [5, 5.41) is 3.36. The predicted octanol–water partition coefficient (Wildman–Crippen LogP) is 4.47. The van der Waals surface area contributed by atoms with Crippen LogP contribution in [0.1, 0.15) is 35.7 Å². The van der Waals surface area contributed by atoms with Gasteiger partial charge in [0.2, 0.25) is 0 Å². The molecule has 0 unspecified atom stereocenters. The van der Waals surface area contributed by atoms with Gasteiger partial charge >= 0.3 is 0 Å². The molecule has 0 aliphatic heterocycles. The molecule has 2 rings (SSSR count). The molecule has 0 aromatic heterocycles. The lowest BCUT2D eigenvalue weighted by atomic mass is 10.1. The highest BCUT2D eigenvalue weighted by Crippen LogP contribution is 2.33. The van der Waals surface area contributed by atoms with E-state index < -0.39 is 0 Å². The van der Waals surface area contributed by atoms with Crippen LogP contribution in [0.2, 0.25) is 5.02 Å². The molecule has 0 aliphatic carbocycles. The van der Waals surface area contributed by atoms with Crippen molar-refractivity contribution in [2.45, 2.75) is 26.3 Å². The van der Waals surface area contributed by atoms with Gasteiger partial charge in [0.05, 0.1) is 20.8 Å². The van der Waals surface area contributed by atoms with Gasteiger partial charge in [0, 0.05) is 23.2 Å². The third-order valence-corrected chi connectivity index (χ3v) is 4.21. The van der Waals surface area contributed by atoms with Crippen LogP contribution in [0, 0.1) is 0 Å². The molecule has 6 heteroatoms. The predicted molar refractivity (Wildman–Crippen MR) is 103 cm³/mol. The van der Waals surface area contributed by atoms with Crippen molar-refractivity contribution in [1.82, 2.24) is 5.32 Å². The van der Waals surface area contributed by atoms with E-state index in [0.29, 0.717) is 34.4 Å². The van der Waals surface area contributed by atoms with Crippen molar-refractivity contribution in [2.75, 3.05) is 20.8 Å². The first-order chi connectivity index (χ1) is 12.6. The zero-order valence-electron chi connectivity index (χ0n) is 15.3. The Morgan fingerprint density at radius 3 is 2.54 bits per heavy atom. The highest BCUT2D eigenvalue weighted by atomic mass is 35.5. The van der Waals surface area contributed by atoms with E-state index in [9.17, 15) is 4.79 Å². The Balaban J connectivity index is 2.03.